The highest BCUT2D eigenvalue weighted by molar-refractivity contribution is 5.95. The Bertz CT molecular complexity index is 1490. The molecule has 1 saturated carbocycles. The van der Waals surface area contributed by atoms with Crippen LogP contribution in [0.2, 0.25) is 0 Å². The average Bonchev–Trinajstić information content (AvgIpc) is 3.02. The van der Waals surface area contributed by atoms with E-state index >= 15 is 0 Å². The zero-order chi connectivity index (χ0) is 27.3. The van der Waals surface area contributed by atoms with Gasteiger partial charge in [-0.05, 0) is 65.6 Å². The molecule has 5 nitrogen and oxygen atoms in total. The van der Waals surface area contributed by atoms with E-state index in [1.165, 1.54) is 32.1 Å². The molecule has 1 aromatic heterocycles. The molecule has 0 N–H and O–H groups in total. The number of methoxy groups -OCH3 is 1. The number of hydrogen-bond acceptors (Lipinski definition) is 4. The van der Waals surface area contributed by atoms with Gasteiger partial charge in [0.2, 0.25) is 0 Å². The molecule has 40 heavy (non-hydrogen) atoms. The van der Waals surface area contributed by atoms with Crippen LogP contribution in [-0.2, 0) is 22.6 Å². The number of rotatable bonds is 8. The fourth-order valence-electron chi connectivity index (χ4n) is 6.39. The molecule has 5 heteroatoms. The first-order valence-corrected chi connectivity index (χ1v) is 14.8. The minimum absolute atomic E-state index is 0.0462. The zero-order valence-corrected chi connectivity index (χ0v) is 23.4. The Hall–Kier alpha value is -3.41. The van der Waals surface area contributed by atoms with Crippen molar-refractivity contribution < 1.29 is 14.2 Å². The topological polar surface area (TPSA) is 49.7 Å². The number of pyridine rings is 1. The maximum absolute atomic E-state index is 13.5. The molecule has 4 aromatic rings. The minimum Gasteiger partial charge on any atom is -0.489 e. The Balaban J connectivity index is 1.29. The fourth-order valence-corrected chi connectivity index (χ4v) is 6.39. The molecule has 0 radical (unpaired) electrons. The van der Waals surface area contributed by atoms with E-state index < -0.39 is 0 Å². The van der Waals surface area contributed by atoms with E-state index in [1.807, 2.05) is 34.9 Å². The third-order valence-electron chi connectivity index (χ3n) is 8.63. The van der Waals surface area contributed by atoms with Gasteiger partial charge >= 0.3 is 0 Å². The summed E-state index contributed by atoms with van der Waals surface area (Å²) in [5.74, 6) is 1.32. The second-order valence-corrected chi connectivity index (χ2v) is 11.3. The van der Waals surface area contributed by atoms with Crippen molar-refractivity contribution in [3.05, 3.63) is 100 Å². The van der Waals surface area contributed by atoms with Crippen LogP contribution in [-0.4, -0.2) is 24.4 Å². The second kappa shape index (κ2) is 12.4. The summed E-state index contributed by atoms with van der Waals surface area (Å²) in [4.78, 5) is 13.5. The molecule has 1 aliphatic carbocycles. The smallest absolute Gasteiger partial charge is 0.251 e. The molecular formula is C35H39NO4. The monoisotopic (exact) mass is 537 g/mol. The summed E-state index contributed by atoms with van der Waals surface area (Å²) in [6.45, 7) is 1.93. The van der Waals surface area contributed by atoms with Gasteiger partial charge in [0.05, 0.1) is 17.7 Å². The average molecular weight is 538 g/mol. The number of nitrogens with zero attached hydrogens (tertiary/aromatic N) is 1. The summed E-state index contributed by atoms with van der Waals surface area (Å²) >= 11 is 0. The van der Waals surface area contributed by atoms with Gasteiger partial charge in [0.1, 0.15) is 12.4 Å². The third-order valence-corrected chi connectivity index (χ3v) is 8.63. The van der Waals surface area contributed by atoms with Crippen LogP contribution in [0.1, 0.15) is 62.2 Å². The van der Waals surface area contributed by atoms with E-state index in [4.69, 9.17) is 14.2 Å². The van der Waals surface area contributed by atoms with Gasteiger partial charge in [0.25, 0.3) is 5.56 Å². The maximum Gasteiger partial charge on any atom is 0.251 e. The molecule has 0 amide bonds. The Kier molecular flexibility index (Phi) is 8.31. The van der Waals surface area contributed by atoms with Gasteiger partial charge in [0.15, 0.2) is 0 Å². The van der Waals surface area contributed by atoms with Crippen LogP contribution in [0.15, 0.2) is 83.7 Å². The van der Waals surface area contributed by atoms with E-state index in [0.29, 0.717) is 19.1 Å². The van der Waals surface area contributed by atoms with Crippen molar-refractivity contribution in [3.63, 3.8) is 0 Å². The van der Waals surface area contributed by atoms with Crippen LogP contribution >= 0.6 is 0 Å². The molecule has 2 atom stereocenters. The summed E-state index contributed by atoms with van der Waals surface area (Å²) in [5.41, 5.74) is 5.30. The van der Waals surface area contributed by atoms with Crippen LogP contribution in [0, 0.1) is 5.92 Å². The summed E-state index contributed by atoms with van der Waals surface area (Å²) in [5, 5.41) is 1.08. The lowest BCUT2D eigenvalue weighted by molar-refractivity contribution is -0.0599. The van der Waals surface area contributed by atoms with E-state index in [2.05, 4.69) is 48.5 Å². The molecular weight excluding hydrogens is 498 g/mol. The Morgan fingerprint density at radius 2 is 1.75 bits per heavy atom. The normalized spacial score (nSPS) is 20.0. The van der Waals surface area contributed by atoms with Crippen LogP contribution in [0.5, 0.6) is 5.75 Å². The highest BCUT2D eigenvalue weighted by Crippen LogP contribution is 2.33. The fraction of sp³-hybridized carbons (Fsp3) is 0.400. The first-order valence-electron chi connectivity index (χ1n) is 14.8. The lowest BCUT2D eigenvalue weighted by Crippen LogP contribution is -2.25. The van der Waals surface area contributed by atoms with Crippen molar-refractivity contribution in [3.8, 4) is 16.9 Å². The standard InChI is InChI=1S/C35H39NO4/c1-38-29-17-18-39-34(21-29)28-14-8-11-26(19-28)24-40-30-15-16-31-32(27-12-6-3-7-13-27)22-35(37)36(33(31)20-30)23-25-9-4-2-5-10-25/h3,6-8,11-16,19-20,22,25,29,34H,2,4-5,9-10,17-18,21,23-24H2,1H3. The highest BCUT2D eigenvalue weighted by Gasteiger charge is 2.24. The number of aromatic nitrogens is 1. The summed E-state index contributed by atoms with van der Waals surface area (Å²) in [6, 6.07) is 26.7. The first kappa shape index (κ1) is 26.8. The van der Waals surface area contributed by atoms with E-state index in [1.54, 1.807) is 7.11 Å². The predicted molar refractivity (Wildman–Crippen MR) is 160 cm³/mol. The molecule has 2 aliphatic rings. The zero-order valence-electron chi connectivity index (χ0n) is 23.4. The van der Waals surface area contributed by atoms with Crippen LogP contribution < -0.4 is 10.3 Å². The molecule has 0 bridgehead atoms. The van der Waals surface area contributed by atoms with E-state index in [-0.39, 0.29) is 17.8 Å². The summed E-state index contributed by atoms with van der Waals surface area (Å²) in [6.07, 6.45) is 8.29. The molecule has 2 fully saturated rings. The van der Waals surface area contributed by atoms with Gasteiger partial charge in [-0.1, -0.05) is 67.8 Å². The Morgan fingerprint density at radius 1 is 0.900 bits per heavy atom. The summed E-state index contributed by atoms with van der Waals surface area (Å²) in [7, 11) is 1.78. The molecule has 208 valence electrons. The molecule has 6 rings (SSSR count). The van der Waals surface area contributed by atoms with Crippen LogP contribution in [0.4, 0.5) is 0 Å². The molecule has 3 aromatic carbocycles. The number of ether oxygens (including phenoxy) is 3. The minimum atomic E-state index is 0.0462. The van der Waals surface area contributed by atoms with Gasteiger partial charge < -0.3 is 18.8 Å². The molecule has 0 spiro atoms. The first-order chi connectivity index (χ1) is 19.7. The lowest BCUT2D eigenvalue weighted by atomic mass is 9.89. The van der Waals surface area contributed by atoms with E-state index in [0.717, 1.165) is 58.3 Å². The Labute approximate surface area is 236 Å². The van der Waals surface area contributed by atoms with Gasteiger partial charge in [-0.15, -0.1) is 0 Å². The molecule has 1 saturated heterocycles. The van der Waals surface area contributed by atoms with Gasteiger partial charge in [-0.25, -0.2) is 0 Å². The van der Waals surface area contributed by atoms with E-state index in [9.17, 15) is 4.79 Å². The number of fused-ring (bicyclic) bond motifs is 1. The van der Waals surface area contributed by atoms with Crippen molar-refractivity contribution in [2.24, 2.45) is 5.92 Å². The maximum atomic E-state index is 13.5. The highest BCUT2D eigenvalue weighted by atomic mass is 16.5. The van der Waals surface area contributed by atoms with Crippen molar-refractivity contribution in [1.82, 2.24) is 4.57 Å². The number of benzene rings is 3. The third kappa shape index (κ3) is 6.01. The SMILES string of the molecule is COC1CCOC(c2cccc(COc3ccc4c(-c5ccccc5)cc(=O)n(CC5CCCCC5)c4c3)c2)C1. The van der Waals surface area contributed by atoms with Gasteiger partial charge in [-0.3, -0.25) is 4.79 Å². The molecule has 2 heterocycles. The molecule has 2 unspecified atom stereocenters. The number of hydrogen-bond donors (Lipinski definition) is 0. The predicted octanol–water partition coefficient (Wildman–Crippen LogP) is 7.69. The van der Waals surface area contributed by atoms with Crippen molar-refractivity contribution in [2.75, 3.05) is 13.7 Å². The quantitative estimate of drug-likeness (QED) is 0.231. The van der Waals surface area contributed by atoms with Crippen molar-refractivity contribution in [1.29, 1.82) is 0 Å². The van der Waals surface area contributed by atoms with Crippen LogP contribution in [0.3, 0.4) is 0 Å². The summed E-state index contributed by atoms with van der Waals surface area (Å²) < 4.78 is 19.9. The largest absolute Gasteiger partial charge is 0.489 e. The lowest BCUT2D eigenvalue weighted by Gasteiger charge is -2.29. The van der Waals surface area contributed by atoms with Gasteiger partial charge in [0, 0.05) is 44.2 Å². The second-order valence-electron chi connectivity index (χ2n) is 11.3. The van der Waals surface area contributed by atoms with Crippen molar-refractivity contribution in [2.45, 2.75) is 70.3 Å². The van der Waals surface area contributed by atoms with Crippen LogP contribution in [0.25, 0.3) is 22.0 Å². The van der Waals surface area contributed by atoms with Gasteiger partial charge in [-0.2, -0.15) is 0 Å². The Morgan fingerprint density at radius 3 is 2.58 bits per heavy atom. The van der Waals surface area contributed by atoms with Crippen molar-refractivity contribution >= 4 is 10.9 Å². The molecule has 1 aliphatic heterocycles.